The zero-order chi connectivity index (χ0) is 16.7. The van der Waals surface area contributed by atoms with Crippen LogP contribution in [0.15, 0.2) is 18.2 Å². The van der Waals surface area contributed by atoms with E-state index in [0.717, 1.165) is 0 Å². The van der Waals surface area contributed by atoms with Crippen LogP contribution < -0.4 is 0 Å². The second-order valence-electron chi connectivity index (χ2n) is 9.10. The molecule has 1 heterocycles. The van der Waals surface area contributed by atoms with Crippen LogP contribution in [0.25, 0.3) is 0 Å². The van der Waals surface area contributed by atoms with E-state index in [4.69, 9.17) is 0 Å². The first-order valence-corrected chi connectivity index (χ1v) is 9.31. The predicted molar refractivity (Wildman–Crippen MR) is 95.5 cm³/mol. The fourth-order valence-electron chi connectivity index (χ4n) is 4.42. The van der Waals surface area contributed by atoms with Crippen LogP contribution in [0.4, 0.5) is 4.39 Å². The smallest absolute Gasteiger partial charge is 0.123 e. The largest absolute Gasteiger partial charge is 0.303 e. The molecule has 1 fully saturated rings. The monoisotopic (exact) mass is 317 g/mol. The second-order valence-corrected chi connectivity index (χ2v) is 9.10. The summed E-state index contributed by atoms with van der Waals surface area (Å²) in [6, 6.07) is 5.53. The third-order valence-electron chi connectivity index (χ3n) is 6.16. The minimum absolute atomic E-state index is 0.0626. The molecular weight excluding hydrogens is 285 g/mol. The summed E-state index contributed by atoms with van der Waals surface area (Å²) >= 11 is 0. The van der Waals surface area contributed by atoms with Crippen LogP contribution in [0.1, 0.15) is 76.8 Å². The average molecular weight is 317 g/mol. The third-order valence-corrected chi connectivity index (χ3v) is 6.16. The van der Waals surface area contributed by atoms with Gasteiger partial charge in [-0.25, -0.2) is 4.39 Å². The van der Waals surface area contributed by atoms with E-state index in [9.17, 15) is 4.39 Å². The Kier molecular flexibility index (Phi) is 4.57. The molecule has 1 aliphatic carbocycles. The molecule has 1 aromatic rings. The number of fused-ring (bicyclic) bond motifs is 2. The van der Waals surface area contributed by atoms with Gasteiger partial charge in [-0.15, -0.1) is 0 Å². The number of benzene rings is 1. The molecule has 0 bridgehead atoms. The van der Waals surface area contributed by atoms with E-state index in [2.05, 4.69) is 32.6 Å². The molecular formula is C21H32FN. The van der Waals surface area contributed by atoms with Crippen LogP contribution in [0.5, 0.6) is 0 Å². The van der Waals surface area contributed by atoms with Gasteiger partial charge in [-0.2, -0.15) is 0 Å². The van der Waals surface area contributed by atoms with Crippen molar-refractivity contribution in [3.63, 3.8) is 0 Å². The van der Waals surface area contributed by atoms with Crippen molar-refractivity contribution < 1.29 is 4.39 Å². The normalized spacial score (nSPS) is 24.7. The van der Waals surface area contributed by atoms with E-state index in [-0.39, 0.29) is 11.2 Å². The Bertz CT molecular complexity index is 549. The van der Waals surface area contributed by atoms with Crippen molar-refractivity contribution in [1.29, 1.82) is 0 Å². The molecule has 0 amide bonds. The Hall–Kier alpha value is -0.890. The van der Waals surface area contributed by atoms with Gasteiger partial charge in [-0.05, 0) is 91.7 Å². The van der Waals surface area contributed by atoms with Crippen LogP contribution in [0.2, 0.25) is 0 Å². The first-order chi connectivity index (χ1) is 10.8. The summed E-state index contributed by atoms with van der Waals surface area (Å²) in [6.07, 6.45) is 6.13. The molecule has 23 heavy (non-hydrogen) atoms. The standard InChI is InChI=1S/C21H32FN/c1-16-7-8-21(19-15-17(22)5-6-18(16)19)10-13-23(14-11-21)12-9-20(2,3)4/h5-6,15-16H,7-14H2,1-4H3. The van der Waals surface area contributed by atoms with Gasteiger partial charge in [-0.1, -0.05) is 33.8 Å². The van der Waals surface area contributed by atoms with E-state index in [1.54, 1.807) is 6.07 Å². The number of hydrogen-bond acceptors (Lipinski definition) is 1. The van der Waals surface area contributed by atoms with Gasteiger partial charge in [0, 0.05) is 0 Å². The maximum absolute atomic E-state index is 13.9. The number of nitrogens with zero attached hydrogens (tertiary/aromatic N) is 1. The maximum Gasteiger partial charge on any atom is 0.123 e. The predicted octanol–water partition coefficient (Wildman–Crippen LogP) is 5.49. The zero-order valence-electron chi connectivity index (χ0n) is 15.3. The number of piperidine rings is 1. The van der Waals surface area contributed by atoms with Crippen molar-refractivity contribution in [3.05, 3.63) is 35.1 Å². The van der Waals surface area contributed by atoms with Crippen molar-refractivity contribution in [3.8, 4) is 0 Å². The number of hydrogen-bond donors (Lipinski definition) is 0. The summed E-state index contributed by atoms with van der Waals surface area (Å²) in [7, 11) is 0. The summed E-state index contributed by atoms with van der Waals surface area (Å²) in [5.41, 5.74) is 3.38. The highest BCUT2D eigenvalue weighted by atomic mass is 19.1. The SMILES string of the molecule is CC1CCC2(CCN(CCC(C)(C)C)CC2)c2cc(F)ccc21. The molecule has 0 N–H and O–H groups in total. The Balaban J connectivity index is 1.73. The Morgan fingerprint density at radius 3 is 2.52 bits per heavy atom. The quantitative estimate of drug-likeness (QED) is 0.697. The first kappa shape index (κ1) is 17.0. The topological polar surface area (TPSA) is 3.24 Å². The number of likely N-dealkylation sites (tertiary alicyclic amines) is 1. The van der Waals surface area contributed by atoms with E-state index < -0.39 is 0 Å². The van der Waals surface area contributed by atoms with Gasteiger partial charge < -0.3 is 4.90 Å². The highest BCUT2D eigenvalue weighted by Gasteiger charge is 2.41. The molecule has 1 spiro atoms. The summed E-state index contributed by atoms with van der Waals surface area (Å²) in [6.45, 7) is 12.8. The minimum Gasteiger partial charge on any atom is -0.303 e. The van der Waals surface area contributed by atoms with Crippen LogP contribution in [-0.2, 0) is 5.41 Å². The molecule has 2 aliphatic rings. The lowest BCUT2D eigenvalue weighted by Gasteiger charge is -2.47. The fourth-order valence-corrected chi connectivity index (χ4v) is 4.42. The number of halogens is 1. The van der Waals surface area contributed by atoms with Crippen LogP contribution >= 0.6 is 0 Å². The summed E-state index contributed by atoms with van der Waals surface area (Å²) < 4.78 is 13.9. The molecule has 0 saturated carbocycles. The van der Waals surface area contributed by atoms with E-state index >= 15 is 0 Å². The Morgan fingerprint density at radius 2 is 1.87 bits per heavy atom. The van der Waals surface area contributed by atoms with E-state index in [1.165, 1.54) is 62.9 Å². The van der Waals surface area contributed by atoms with Crippen molar-refractivity contribution in [1.82, 2.24) is 4.90 Å². The lowest BCUT2D eigenvalue weighted by Crippen LogP contribution is -2.45. The summed E-state index contributed by atoms with van der Waals surface area (Å²) in [5.74, 6) is 0.516. The molecule has 3 rings (SSSR count). The molecule has 1 aromatic carbocycles. The van der Waals surface area contributed by atoms with Crippen molar-refractivity contribution in [2.45, 2.75) is 71.1 Å². The molecule has 128 valence electrons. The van der Waals surface area contributed by atoms with E-state index in [1.807, 2.05) is 12.1 Å². The molecule has 0 aromatic heterocycles. The minimum atomic E-state index is -0.0626. The van der Waals surface area contributed by atoms with Crippen LogP contribution in [-0.4, -0.2) is 24.5 Å². The van der Waals surface area contributed by atoms with Gasteiger partial charge in [-0.3, -0.25) is 0 Å². The number of rotatable bonds is 2. The first-order valence-electron chi connectivity index (χ1n) is 9.31. The Labute approximate surface area is 141 Å². The van der Waals surface area contributed by atoms with Gasteiger partial charge in [0.15, 0.2) is 0 Å². The third kappa shape index (κ3) is 3.63. The molecule has 1 nitrogen and oxygen atoms in total. The van der Waals surface area contributed by atoms with Crippen LogP contribution in [0.3, 0.4) is 0 Å². The molecule has 1 atom stereocenters. The summed E-state index contributed by atoms with van der Waals surface area (Å²) in [4.78, 5) is 2.62. The van der Waals surface area contributed by atoms with Gasteiger partial charge in [0.05, 0.1) is 0 Å². The van der Waals surface area contributed by atoms with Gasteiger partial charge >= 0.3 is 0 Å². The lowest BCUT2D eigenvalue weighted by atomic mass is 9.62. The van der Waals surface area contributed by atoms with Crippen LogP contribution in [0, 0.1) is 11.2 Å². The van der Waals surface area contributed by atoms with Gasteiger partial charge in [0.25, 0.3) is 0 Å². The molecule has 2 heteroatoms. The zero-order valence-corrected chi connectivity index (χ0v) is 15.3. The fraction of sp³-hybridized carbons (Fsp3) is 0.714. The van der Waals surface area contributed by atoms with Crippen molar-refractivity contribution >= 4 is 0 Å². The summed E-state index contributed by atoms with van der Waals surface area (Å²) in [5, 5.41) is 0. The maximum atomic E-state index is 13.9. The lowest BCUT2D eigenvalue weighted by molar-refractivity contribution is 0.129. The van der Waals surface area contributed by atoms with Gasteiger partial charge in [0.1, 0.15) is 5.82 Å². The highest BCUT2D eigenvalue weighted by Crippen LogP contribution is 2.48. The molecule has 1 unspecified atom stereocenters. The van der Waals surface area contributed by atoms with Gasteiger partial charge in [0.2, 0.25) is 0 Å². The highest BCUT2D eigenvalue weighted by molar-refractivity contribution is 5.40. The van der Waals surface area contributed by atoms with Crippen molar-refractivity contribution in [2.75, 3.05) is 19.6 Å². The average Bonchev–Trinajstić information content (AvgIpc) is 2.50. The molecule has 0 radical (unpaired) electrons. The molecule has 1 aliphatic heterocycles. The molecule has 1 saturated heterocycles. The Morgan fingerprint density at radius 1 is 1.17 bits per heavy atom. The second kappa shape index (κ2) is 6.20. The van der Waals surface area contributed by atoms with Crippen molar-refractivity contribution in [2.24, 2.45) is 5.41 Å². The van der Waals surface area contributed by atoms with E-state index in [0.29, 0.717) is 11.3 Å².